The fraction of sp³-hybridized carbons (Fsp3) is 0.571. The smallest absolute Gasteiger partial charge is 0.221 e. The fourth-order valence-electron chi connectivity index (χ4n) is 1.54. The van der Waals surface area contributed by atoms with Crippen LogP contribution in [-0.4, -0.2) is 30.1 Å². The average molecular weight is 265 g/mol. The molecule has 0 aliphatic rings. The number of carbonyl (C=O) groups excluding carboxylic acids is 1. The molecule has 1 amide bonds. The van der Waals surface area contributed by atoms with E-state index in [1.165, 1.54) is 0 Å². The monoisotopic (exact) mass is 265 g/mol. The summed E-state index contributed by atoms with van der Waals surface area (Å²) in [7, 11) is 0. The quantitative estimate of drug-likeness (QED) is 0.756. The van der Waals surface area contributed by atoms with Crippen LogP contribution in [0.3, 0.4) is 0 Å². The highest BCUT2D eigenvalue weighted by molar-refractivity contribution is 5.76. The van der Waals surface area contributed by atoms with Crippen molar-refractivity contribution in [1.82, 2.24) is 10.3 Å². The maximum Gasteiger partial charge on any atom is 0.221 e. The minimum atomic E-state index is 0.0365. The van der Waals surface area contributed by atoms with Gasteiger partial charge in [-0.1, -0.05) is 6.92 Å². The molecule has 19 heavy (non-hydrogen) atoms. The van der Waals surface area contributed by atoms with E-state index >= 15 is 0 Å². The molecule has 5 nitrogen and oxygen atoms in total. The first kappa shape index (κ1) is 15.3. The van der Waals surface area contributed by atoms with Crippen molar-refractivity contribution in [2.24, 2.45) is 0 Å². The number of nitrogens with one attached hydrogen (secondary N) is 2. The molecule has 2 N–H and O–H groups in total. The van der Waals surface area contributed by atoms with Crippen LogP contribution in [0.25, 0.3) is 0 Å². The summed E-state index contributed by atoms with van der Waals surface area (Å²) in [6.45, 7) is 7.15. The Morgan fingerprint density at radius 1 is 1.47 bits per heavy atom. The third-order valence-corrected chi connectivity index (χ3v) is 2.33. The van der Waals surface area contributed by atoms with Gasteiger partial charge in [-0.25, -0.2) is 4.98 Å². The van der Waals surface area contributed by atoms with Crippen LogP contribution in [0.4, 0.5) is 5.82 Å². The average Bonchev–Trinajstić information content (AvgIpc) is 2.36. The van der Waals surface area contributed by atoms with E-state index in [-0.39, 0.29) is 11.9 Å². The number of pyridine rings is 1. The lowest BCUT2D eigenvalue weighted by Gasteiger charge is -2.12. The molecule has 0 unspecified atom stereocenters. The zero-order valence-corrected chi connectivity index (χ0v) is 11.9. The van der Waals surface area contributed by atoms with Crippen molar-refractivity contribution >= 4 is 11.7 Å². The second kappa shape index (κ2) is 8.34. The second-order valence-corrected chi connectivity index (χ2v) is 4.60. The molecule has 5 heteroatoms. The Labute approximate surface area is 114 Å². The van der Waals surface area contributed by atoms with E-state index in [0.717, 1.165) is 12.2 Å². The summed E-state index contributed by atoms with van der Waals surface area (Å²) in [6, 6.07) is 3.88. The number of aromatic nitrogens is 1. The summed E-state index contributed by atoms with van der Waals surface area (Å²) in [5, 5.41) is 5.98. The molecule has 0 aromatic carbocycles. The molecule has 1 rings (SSSR count). The molecule has 0 aliphatic carbocycles. The molecule has 106 valence electrons. The van der Waals surface area contributed by atoms with E-state index in [0.29, 0.717) is 25.4 Å². The highest BCUT2D eigenvalue weighted by atomic mass is 16.5. The van der Waals surface area contributed by atoms with Crippen molar-refractivity contribution in [3.05, 3.63) is 18.3 Å². The first-order valence-electron chi connectivity index (χ1n) is 6.74. The fourth-order valence-corrected chi connectivity index (χ4v) is 1.54. The van der Waals surface area contributed by atoms with E-state index in [1.807, 2.05) is 26.0 Å². The molecule has 1 aromatic rings. The molecule has 0 atom stereocenters. The summed E-state index contributed by atoms with van der Waals surface area (Å²) >= 11 is 0. The SMILES string of the molecule is CCCOc1cccnc1NCCC(=O)NC(C)C. The van der Waals surface area contributed by atoms with Crippen molar-refractivity contribution in [1.29, 1.82) is 0 Å². The van der Waals surface area contributed by atoms with E-state index < -0.39 is 0 Å². The number of rotatable bonds is 8. The number of carbonyl (C=O) groups is 1. The minimum absolute atomic E-state index is 0.0365. The standard InChI is InChI=1S/C14H23N3O2/c1-4-10-19-12-6-5-8-15-14(12)16-9-7-13(18)17-11(2)3/h5-6,8,11H,4,7,9-10H2,1-3H3,(H,15,16)(H,17,18). The molecule has 0 saturated heterocycles. The van der Waals surface area contributed by atoms with E-state index in [1.54, 1.807) is 6.20 Å². The summed E-state index contributed by atoms with van der Waals surface area (Å²) in [6.07, 6.45) is 3.07. The second-order valence-electron chi connectivity index (χ2n) is 4.60. The number of hydrogen-bond acceptors (Lipinski definition) is 4. The Bertz CT molecular complexity index is 394. The van der Waals surface area contributed by atoms with Gasteiger partial charge in [0.1, 0.15) is 0 Å². The first-order chi connectivity index (χ1) is 9.13. The normalized spacial score (nSPS) is 10.3. The predicted octanol–water partition coefficient (Wildman–Crippen LogP) is 2.20. The zero-order chi connectivity index (χ0) is 14.1. The van der Waals surface area contributed by atoms with Gasteiger partial charge in [0.15, 0.2) is 11.6 Å². The lowest BCUT2D eigenvalue weighted by molar-refractivity contribution is -0.121. The van der Waals surface area contributed by atoms with Crippen molar-refractivity contribution in [2.75, 3.05) is 18.5 Å². The largest absolute Gasteiger partial charge is 0.490 e. The first-order valence-corrected chi connectivity index (χ1v) is 6.74. The molecule has 0 aliphatic heterocycles. The van der Waals surface area contributed by atoms with Crippen molar-refractivity contribution < 1.29 is 9.53 Å². The van der Waals surface area contributed by atoms with Gasteiger partial charge in [-0.3, -0.25) is 4.79 Å². The third kappa shape index (κ3) is 6.08. The van der Waals surface area contributed by atoms with Gasteiger partial charge in [-0.2, -0.15) is 0 Å². The molecule has 0 fully saturated rings. The van der Waals surface area contributed by atoms with Crippen LogP contribution < -0.4 is 15.4 Å². The van der Waals surface area contributed by atoms with Gasteiger partial charge in [-0.15, -0.1) is 0 Å². The molecule has 0 radical (unpaired) electrons. The molecule has 0 bridgehead atoms. The summed E-state index contributed by atoms with van der Waals surface area (Å²) in [4.78, 5) is 15.7. The van der Waals surface area contributed by atoms with Crippen LogP contribution in [0.15, 0.2) is 18.3 Å². The molecule has 1 heterocycles. The number of nitrogens with zero attached hydrogens (tertiary/aromatic N) is 1. The molecular weight excluding hydrogens is 242 g/mol. The van der Waals surface area contributed by atoms with Gasteiger partial charge in [0.25, 0.3) is 0 Å². The van der Waals surface area contributed by atoms with Crippen LogP contribution in [0, 0.1) is 0 Å². The van der Waals surface area contributed by atoms with Gasteiger partial charge in [0.2, 0.25) is 5.91 Å². The van der Waals surface area contributed by atoms with Crippen molar-refractivity contribution in [2.45, 2.75) is 39.7 Å². The zero-order valence-electron chi connectivity index (χ0n) is 11.9. The molecule has 0 saturated carbocycles. The lowest BCUT2D eigenvalue weighted by Crippen LogP contribution is -2.31. The maximum atomic E-state index is 11.5. The van der Waals surface area contributed by atoms with E-state index in [2.05, 4.69) is 22.5 Å². The summed E-state index contributed by atoms with van der Waals surface area (Å²) < 4.78 is 5.58. The van der Waals surface area contributed by atoms with Gasteiger partial charge in [0.05, 0.1) is 6.61 Å². The van der Waals surface area contributed by atoms with Gasteiger partial charge >= 0.3 is 0 Å². The van der Waals surface area contributed by atoms with Crippen molar-refractivity contribution in [3.8, 4) is 5.75 Å². The highest BCUT2D eigenvalue weighted by Gasteiger charge is 2.06. The molecule has 1 aromatic heterocycles. The third-order valence-electron chi connectivity index (χ3n) is 2.33. The Kier molecular flexibility index (Phi) is 6.71. The molecular formula is C14H23N3O2. The van der Waals surface area contributed by atoms with Crippen LogP contribution in [0.1, 0.15) is 33.6 Å². The Morgan fingerprint density at radius 2 is 2.26 bits per heavy atom. The highest BCUT2D eigenvalue weighted by Crippen LogP contribution is 2.20. The Morgan fingerprint density at radius 3 is 2.95 bits per heavy atom. The number of ether oxygens (including phenoxy) is 1. The van der Waals surface area contributed by atoms with Gasteiger partial charge < -0.3 is 15.4 Å². The number of anilines is 1. The Hall–Kier alpha value is -1.78. The molecule has 0 spiro atoms. The predicted molar refractivity (Wildman–Crippen MR) is 76.4 cm³/mol. The van der Waals surface area contributed by atoms with Gasteiger partial charge in [-0.05, 0) is 32.4 Å². The van der Waals surface area contributed by atoms with Crippen molar-refractivity contribution in [3.63, 3.8) is 0 Å². The topological polar surface area (TPSA) is 63.2 Å². The number of hydrogen-bond donors (Lipinski definition) is 2. The van der Waals surface area contributed by atoms with Crippen LogP contribution in [0.5, 0.6) is 5.75 Å². The van der Waals surface area contributed by atoms with E-state index in [4.69, 9.17) is 4.74 Å². The van der Waals surface area contributed by atoms with E-state index in [9.17, 15) is 4.79 Å². The lowest BCUT2D eigenvalue weighted by atomic mass is 10.3. The Balaban J connectivity index is 2.42. The maximum absolute atomic E-state index is 11.5. The van der Waals surface area contributed by atoms with Crippen LogP contribution in [0.2, 0.25) is 0 Å². The van der Waals surface area contributed by atoms with Crippen LogP contribution >= 0.6 is 0 Å². The van der Waals surface area contributed by atoms with Crippen LogP contribution in [-0.2, 0) is 4.79 Å². The summed E-state index contributed by atoms with van der Waals surface area (Å²) in [5.41, 5.74) is 0. The number of amides is 1. The summed E-state index contributed by atoms with van der Waals surface area (Å²) in [5.74, 6) is 1.45. The van der Waals surface area contributed by atoms with Gasteiger partial charge in [0, 0.05) is 25.2 Å². The minimum Gasteiger partial charge on any atom is -0.490 e.